The molecule has 1 atom stereocenters. The molecule has 0 rings (SSSR count). The van der Waals surface area contributed by atoms with Gasteiger partial charge in [0.05, 0.1) is 4.32 Å². The van der Waals surface area contributed by atoms with Crippen molar-refractivity contribution in [3.8, 4) is 12.3 Å². The summed E-state index contributed by atoms with van der Waals surface area (Å²) >= 11 is 3.26. The first-order valence-electron chi connectivity index (χ1n) is 3.81. The fourth-order valence-electron chi connectivity index (χ4n) is 0.623. The Kier molecular flexibility index (Phi) is 4.33. The highest BCUT2D eigenvalue weighted by Crippen LogP contribution is 2.15. The SMILES string of the molecule is C#CCC(C)NC(=O)C(C)(C)Br. The van der Waals surface area contributed by atoms with Gasteiger partial charge in [0.25, 0.3) is 0 Å². The van der Waals surface area contributed by atoms with Crippen LogP contribution in [0.1, 0.15) is 27.2 Å². The number of alkyl halides is 1. The maximum atomic E-state index is 11.3. The zero-order valence-corrected chi connectivity index (χ0v) is 9.23. The van der Waals surface area contributed by atoms with Crippen LogP contribution in [0.15, 0.2) is 0 Å². The number of carbonyl (C=O) groups is 1. The first-order valence-corrected chi connectivity index (χ1v) is 4.60. The molecule has 12 heavy (non-hydrogen) atoms. The average Bonchev–Trinajstić information content (AvgIpc) is 1.85. The molecular weight excluding hydrogens is 218 g/mol. The van der Waals surface area contributed by atoms with Gasteiger partial charge in [-0.1, -0.05) is 15.9 Å². The third-order valence-corrected chi connectivity index (χ3v) is 1.70. The summed E-state index contributed by atoms with van der Waals surface area (Å²) in [5, 5.41) is 2.79. The van der Waals surface area contributed by atoms with Crippen molar-refractivity contribution in [3.05, 3.63) is 0 Å². The van der Waals surface area contributed by atoms with Gasteiger partial charge in [-0.25, -0.2) is 0 Å². The van der Waals surface area contributed by atoms with Crippen molar-refractivity contribution < 1.29 is 4.79 Å². The molecule has 0 radical (unpaired) electrons. The molecule has 1 N–H and O–H groups in total. The Labute approximate surface area is 82.2 Å². The Morgan fingerprint density at radius 1 is 1.75 bits per heavy atom. The molecule has 2 nitrogen and oxygen atoms in total. The second-order valence-corrected chi connectivity index (χ2v) is 5.24. The van der Waals surface area contributed by atoms with Gasteiger partial charge in [-0.05, 0) is 20.8 Å². The molecule has 68 valence electrons. The lowest BCUT2D eigenvalue weighted by Crippen LogP contribution is -2.42. The van der Waals surface area contributed by atoms with Crippen molar-refractivity contribution in [1.29, 1.82) is 0 Å². The van der Waals surface area contributed by atoms with Crippen LogP contribution in [0, 0.1) is 12.3 Å². The molecule has 1 unspecified atom stereocenters. The first-order chi connectivity index (χ1) is 5.38. The minimum Gasteiger partial charge on any atom is -0.351 e. The highest BCUT2D eigenvalue weighted by Gasteiger charge is 2.24. The molecule has 3 heteroatoms. The van der Waals surface area contributed by atoms with Crippen LogP contribution in [0.5, 0.6) is 0 Å². The minimum absolute atomic E-state index is 0.0368. The second kappa shape index (κ2) is 4.51. The monoisotopic (exact) mass is 231 g/mol. The van der Waals surface area contributed by atoms with Crippen LogP contribution < -0.4 is 5.32 Å². The third-order valence-electron chi connectivity index (χ3n) is 1.34. The molecule has 0 fully saturated rings. The van der Waals surface area contributed by atoms with Gasteiger partial charge in [0.1, 0.15) is 0 Å². The van der Waals surface area contributed by atoms with E-state index in [4.69, 9.17) is 6.42 Å². The number of hydrogen-bond acceptors (Lipinski definition) is 1. The summed E-state index contributed by atoms with van der Waals surface area (Å²) in [6.07, 6.45) is 5.67. The molecule has 0 aromatic rings. The van der Waals surface area contributed by atoms with Crippen molar-refractivity contribution in [2.24, 2.45) is 0 Å². The predicted octanol–water partition coefficient (Wildman–Crippen LogP) is 1.69. The van der Waals surface area contributed by atoms with E-state index in [1.165, 1.54) is 0 Å². The molecule has 0 heterocycles. The van der Waals surface area contributed by atoms with Crippen molar-refractivity contribution in [2.45, 2.75) is 37.6 Å². The van der Waals surface area contributed by atoms with Crippen LogP contribution >= 0.6 is 15.9 Å². The van der Waals surface area contributed by atoms with E-state index < -0.39 is 4.32 Å². The molecule has 0 bridgehead atoms. The topological polar surface area (TPSA) is 29.1 Å². The van der Waals surface area contributed by atoms with E-state index >= 15 is 0 Å². The van der Waals surface area contributed by atoms with Gasteiger partial charge < -0.3 is 5.32 Å². The number of rotatable bonds is 3. The van der Waals surface area contributed by atoms with Gasteiger partial charge in [0, 0.05) is 12.5 Å². The number of amides is 1. The summed E-state index contributed by atoms with van der Waals surface area (Å²) < 4.78 is -0.518. The number of nitrogens with one attached hydrogen (secondary N) is 1. The Hall–Kier alpha value is -0.490. The largest absolute Gasteiger partial charge is 0.351 e. The highest BCUT2D eigenvalue weighted by molar-refractivity contribution is 9.10. The van der Waals surface area contributed by atoms with Crippen molar-refractivity contribution in [3.63, 3.8) is 0 Å². The number of halogens is 1. The fraction of sp³-hybridized carbons (Fsp3) is 0.667. The Morgan fingerprint density at radius 2 is 2.25 bits per heavy atom. The highest BCUT2D eigenvalue weighted by atomic mass is 79.9. The summed E-state index contributed by atoms with van der Waals surface area (Å²) in [6.45, 7) is 5.48. The molecule has 0 aromatic heterocycles. The summed E-state index contributed by atoms with van der Waals surface area (Å²) in [7, 11) is 0. The van der Waals surface area contributed by atoms with Crippen molar-refractivity contribution in [1.82, 2.24) is 5.32 Å². The standard InChI is InChI=1S/C9H14BrNO/c1-5-6-7(2)11-8(12)9(3,4)10/h1,7H,6H2,2-4H3,(H,11,12). The molecule has 0 saturated carbocycles. The van der Waals surface area contributed by atoms with Crippen molar-refractivity contribution >= 4 is 21.8 Å². The van der Waals surface area contributed by atoms with Crippen LogP contribution in [0.4, 0.5) is 0 Å². The summed E-state index contributed by atoms with van der Waals surface area (Å²) in [5.74, 6) is 2.46. The van der Waals surface area contributed by atoms with E-state index in [1.54, 1.807) is 13.8 Å². The van der Waals surface area contributed by atoms with Gasteiger partial charge in [-0.2, -0.15) is 0 Å². The second-order valence-electron chi connectivity index (χ2n) is 3.26. The van der Waals surface area contributed by atoms with Gasteiger partial charge in [-0.15, -0.1) is 12.3 Å². The van der Waals surface area contributed by atoms with E-state index in [0.29, 0.717) is 6.42 Å². The van der Waals surface area contributed by atoms with Crippen molar-refractivity contribution in [2.75, 3.05) is 0 Å². The van der Waals surface area contributed by atoms with E-state index in [2.05, 4.69) is 27.2 Å². The summed E-state index contributed by atoms with van der Waals surface area (Å²) in [5.41, 5.74) is 0. The molecule has 0 aromatic carbocycles. The summed E-state index contributed by atoms with van der Waals surface area (Å²) in [6, 6.07) is 0.0410. The molecular formula is C9H14BrNO. The van der Waals surface area contributed by atoms with Gasteiger partial charge in [0.2, 0.25) is 5.91 Å². The van der Waals surface area contributed by atoms with Crippen LogP contribution in [-0.4, -0.2) is 16.3 Å². The lowest BCUT2D eigenvalue weighted by atomic mass is 10.1. The van der Waals surface area contributed by atoms with Crippen LogP contribution in [0.2, 0.25) is 0 Å². The van der Waals surface area contributed by atoms with E-state index in [-0.39, 0.29) is 11.9 Å². The summed E-state index contributed by atoms with van der Waals surface area (Å²) in [4.78, 5) is 11.3. The fourth-order valence-corrected chi connectivity index (χ4v) is 0.738. The average molecular weight is 232 g/mol. The first kappa shape index (κ1) is 11.5. The third kappa shape index (κ3) is 4.40. The normalized spacial score (nSPS) is 13.2. The molecule has 1 amide bonds. The maximum Gasteiger partial charge on any atom is 0.236 e. The van der Waals surface area contributed by atoms with E-state index in [0.717, 1.165) is 0 Å². The van der Waals surface area contributed by atoms with Crippen LogP contribution in [0.25, 0.3) is 0 Å². The van der Waals surface area contributed by atoms with Crippen LogP contribution in [0.3, 0.4) is 0 Å². The smallest absolute Gasteiger partial charge is 0.236 e. The Balaban J connectivity index is 3.95. The lowest BCUT2D eigenvalue weighted by Gasteiger charge is -2.19. The molecule has 0 saturated heterocycles. The van der Waals surface area contributed by atoms with Gasteiger partial charge in [-0.3, -0.25) is 4.79 Å². The zero-order chi connectivity index (χ0) is 9.78. The maximum absolute atomic E-state index is 11.3. The van der Waals surface area contributed by atoms with E-state index in [1.807, 2.05) is 6.92 Å². The minimum atomic E-state index is -0.518. The molecule has 0 aliphatic carbocycles. The zero-order valence-electron chi connectivity index (χ0n) is 7.65. The van der Waals surface area contributed by atoms with E-state index in [9.17, 15) is 4.79 Å². The number of terminal acetylenes is 1. The van der Waals surface area contributed by atoms with Gasteiger partial charge in [0.15, 0.2) is 0 Å². The molecule has 0 aliphatic heterocycles. The predicted molar refractivity (Wildman–Crippen MR) is 54.1 cm³/mol. The molecule has 0 aliphatic rings. The Morgan fingerprint density at radius 3 is 2.58 bits per heavy atom. The lowest BCUT2D eigenvalue weighted by molar-refractivity contribution is -0.123. The number of carbonyl (C=O) groups excluding carboxylic acids is 1. The molecule has 0 spiro atoms. The quantitative estimate of drug-likeness (QED) is 0.582. The number of hydrogen-bond donors (Lipinski definition) is 1. The van der Waals surface area contributed by atoms with Crippen LogP contribution in [-0.2, 0) is 4.79 Å². The Bertz CT molecular complexity index is 200. The van der Waals surface area contributed by atoms with Gasteiger partial charge >= 0.3 is 0 Å².